The van der Waals surface area contributed by atoms with Crippen LogP contribution in [0.15, 0.2) is 53.7 Å². The van der Waals surface area contributed by atoms with Gasteiger partial charge in [-0.15, -0.1) is 24.0 Å². The number of benzene rings is 1. The molecule has 2 aromatic rings. The molecule has 3 rings (SSSR count). The molecular weight excluding hydrogens is 423 g/mol. The molecule has 1 aromatic carbocycles. The molecular formula is C20H27IN4. The molecule has 25 heavy (non-hydrogen) atoms. The van der Waals surface area contributed by atoms with E-state index in [9.17, 15) is 0 Å². The molecule has 1 heterocycles. The van der Waals surface area contributed by atoms with Gasteiger partial charge in [0.05, 0.1) is 12.2 Å². The predicted octanol–water partition coefficient (Wildman–Crippen LogP) is 3.79. The Morgan fingerprint density at radius 2 is 1.88 bits per heavy atom. The minimum atomic E-state index is 0. The summed E-state index contributed by atoms with van der Waals surface area (Å²) in [5.41, 5.74) is 3.91. The molecule has 0 amide bonds. The Kier molecular flexibility index (Phi) is 7.23. The Morgan fingerprint density at radius 3 is 2.52 bits per heavy atom. The van der Waals surface area contributed by atoms with E-state index in [2.05, 4.69) is 65.9 Å². The standard InChI is InChI=1S/C20H26N4.HI/c1-3-21-19(23-14-18-16(2)8-7-13-22-18)24-15-20(11-12-20)17-9-5-4-6-10-17;/h4-10,13H,3,11-12,14-15H2,1-2H3,(H2,21,23,24);1H. The smallest absolute Gasteiger partial charge is 0.191 e. The van der Waals surface area contributed by atoms with Crippen molar-refractivity contribution < 1.29 is 0 Å². The number of nitrogens with zero attached hydrogens (tertiary/aromatic N) is 2. The molecule has 1 aromatic heterocycles. The van der Waals surface area contributed by atoms with Gasteiger partial charge >= 0.3 is 0 Å². The normalized spacial score (nSPS) is 15.2. The molecule has 5 heteroatoms. The zero-order valence-corrected chi connectivity index (χ0v) is 17.3. The van der Waals surface area contributed by atoms with Crippen LogP contribution in [0.2, 0.25) is 0 Å². The van der Waals surface area contributed by atoms with E-state index < -0.39 is 0 Å². The first-order valence-corrected chi connectivity index (χ1v) is 8.72. The number of halogens is 1. The highest BCUT2D eigenvalue weighted by atomic mass is 127. The summed E-state index contributed by atoms with van der Waals surface area (Å²) in [5.74, 6) is 0.866. The van der Waals surface area contributed by atoms with E-state index in [-0.39, 0.29) is 29.4 Å². The maximum atomic E-state index is 4.70. The van der Waals surface area contributed by atoms with Gasteiger partial charge in [-0.05, 0) is 43.9 Å². The van der Waals surface area contributed by atoms with Gasteiger partial charge in [-0.25, -0.2) is 4.99 Å². The first kappa shape index (κ1) is 19.7. The number of hydrogen-bond acceptors (Lipinski definition) is 2. The van der Waals surface area contributed by atoms with Crippen LogP contribution in [0.5, 0.6) is 0 Å². The van der Waals surface area contributed by atoms with Crippen molar-refractivity contribution in [2.24, 2.45) is 4.99 Å². The van der Waals surface area contributed by atoms with Crippen LogP contribution in [0.1, 0.15) is 36.6 Å². The summed E-state index contributed by atoms with van der Waals surface area (Å²) in [5, 5.41) is 6.86. The van der Waals surface area contributed by atoms with Crippen LogP contribution < -0.4 is 10.6 Å². The quantitative estimate of drug-likeness (QED) is 0.400. The van der Waals surface area contributed by atoms with Gasteiger partial charge in [0.25, 0.3) is 0 Å². The SMILES string of the molecule is CCNC(=NCc1ncccc1C)NCC1(c2ccccc2)CC1.I. The van der Waals surface area contributed by atoms with E-state index in [1.807, 2.05) is 12.3 Å². The molecule has 1 fully saturated rings. The summed E-state index contributed by atoms with van der Waals surface area (Å²) >= 11 is 0. The molecule has 0 atom stereocenters. The van der Waals surface area contributed by atoms with Crippen LogP contribution in [0, 0.1) is 6.92 Å². The van der Waals surface area contributed by atoms with Gasteiger partial charge in [-0.1, -0.05) is 36.4 Å². The summed E-state index contributed by atoms with van der Waals surface area (Å²) < 4.78 is 0. The van der Waals surface area contributed by atoms with Gasteiger partial charge in [-0.2, -0.15) is 0 Å². The Bertz CT molecular complexity index is 696. The average Bonchev–Trinajstić information content (AvgIpc) is 3.41. The number of hydrogen-bond donors (Lipinski definition) is 2. The van der Waals surface area contributed by atoms with Crippen LogP contribution in [0.4, 0.5) is 0 Å². The van der Waals surface area contributed by atoms with E-state index in [1.54, 1.807) is 0 Å². The Morgan fingerprint density at radius 1 is 1.12 bits per heavy atom. The van der Waals surface area contributed by atoms with Crippen LogP contribution >= 0.6 is 24.0 Å². The fraction of sp³-hybridized carbons (Fsp3) is 0.400. The van der Waals surface area contributed by atoms with Gasteiger partial charge in [0.15, 0.2) is 5.96 Å². The molecule has 0 unspecified atom stereocenters. The minimum Gasteiger partial charge on any atom is -0.357 e. The largest absolute Gasteiger partial charge is 0.357 e. The molecule has 1 saturated carbocycles. The lowest BCUT2D eigenvalue weighted by Gasteiger charge is -2.19. The summed E-state index contributed by atoms with van der Waals surface area (Å²) in [6.07, 6.45) is 4.30. The van der Waals surface area contributed by atoms with Crippen molar-refractivity contribution >= 4 is 29.9 Å². The Balaban J connectivity index is 0.00000225. The molecule has 134 valence electrons. The number of aromatic nitrogens is 1. The van der Waals surface area contributed by atoms with E-state index in [0.29, 0.717) is 6.54 Å². The molecule has 0 aliphatic heterocycles. The van der Waals surface area contributed by atoms with Crippen molar-refractivity contribution in [2.75, 3.05) is 13.1 Å². The lowest BCUT2D eigenvalue weighted by Crippen LogP contribution is -2.41. The van der Waals surface area contributed by atoms with Crippen molar-refractivity contribution in [1.29, 1.82) is 0 Å². The highest BCUT2D eigenvalue weighted by Crippen LogP contribution is 2.47. The third-order valence-corrected chi connectivity index (χ3v) is 4.68. The Hall–Kier alpha value is -1.63. The topological polar surface area (TPSA) is 49.3 Å². The second-order valence-corrected chi connectivity index (χ2v) is 6.46. The third kappa shape index (κ3) is 5.17. The van der Waals surface area contributed by atoms with Crippen molar-refractivity contribution in [3.05, 3.63) is 65.5 Å². The number of aliphatic imine (C=N–C) groups is 1. The maximum Gasteiger partial charge on any atom is 0.191 e. The third-order valence-electron chi connectivity index (χ3n) is 4.68. The first-order valence-electron chi connectivity index (χ1n) is 8.72. The van der Waals surface area contributed by atoms with E-state index in [0.717, 1.165) is 24.7 Å². The molecule has 0 spiro atoms. The number of nitrogens with one attached hydrogen (secondary N) is 2. The number of guanidine groups is 1. The lowest BCUT2D eigenvalue weighted by molar-refractivity contribution is 0.645. The predicted molar refractivity (Wildman–Crippen MR) is 115 cm³/mol. The molecule has 1 aliphatic rings. The number of rotatable bonds is 6. The Labute approximate surface area is 167 Å². The highest BCUT2D eigenvalue weighted by molar-refractivity contribution is 14.0. The summed E-state index contributed by atoms with van der Waals surface area (Å²) in [6.45, 7) is 6.54. The second kappa shape index (κ2) is 9.17. The number of pyridine rings is 1. The summed E-state index contributed by atoms with van der Waals surface area (Å²) in [7, 11) is 0. The van der Waals surface area contributed by atoms with Crippen LogP contribution in [0.3, 0.4) is 0 Å². The maximum absolute atomic E-state index is 4.70. The highest BCUT2D eigenvalue weighted by Gasteiger charge is 2.43. The zero-order chi connectivity index (χ0) is 16.8. The molecule has 1 aliphatic carbocycles. The van der Waals surface area contributed by atoms with Gasteiger partial charge in [0.1, 0.15) is 0 Å². The average molecular weight is 450 g/mol. The van der Waals surface area contributed by atoms with Gasteiger partial charge in [0, 0.05) is 24.7 Å². The molecule has 0 saturated heterocycles. The molecule has 4 nitrogen and oxygen atoms in total. The first-order chi connectivity index (χ1) is 11.7. The van der Waals surface area contributed by atoms with E-state index in [4.69, 9.17) is 4.99 Å². The minimum absolute atomic E-state index is 0. The summed E-state index contributed by atoms with van der Waals surface area (Å²) in [6, 6.07) is 14.8. The van der Waals surface area contributed by atoms with Crippen molar-refractivity contribution in [3.63, 3.8) is 0 Å². The van der Waals surface area contributed by atoms with Crippen molar-refractivity contribution in [2.45, 2.75) is 38.6 Å². The monoisotopic (exact) mass is 450 g/mol. The lowest BCUT2D eigenvalue weighted by atomic mass is 9.96. The number of aryl methyl sites for hydroxylation is 1. The van der Waals surface area contributed by atoms with Crippen LogP contribution in [-0.2, 0) is 12.0 Å². The van der Waals surface area contributed by atoms with Crippen molar-refractivity contribution in [1.82, 2.24) is 15.6 Å². The molecule has 0 radical (unpaired) electrons. The van der Waals surface area contributed by atoms with Crippen molar-refractivity contribution in [3.8, 4) is 0 Å². The van der Waals surface area contributed by atoms with Gasteiger partial charge in [-0.3, -0.25) is 4.98 Å². The second-order valence-electron chi connectivity index (χ2n) is 6.46. The fourth-order valence-corrected chi connectivity index (χ4v) is 2.94. The van der Waals surface area contributed by atoms with Crippen LogP contribution in [0.25, 0.3) is 0 Å². The van der Waals surface area contributed by atoms with Gasteiger partial charge < -0.3 is 10.6 Å². The fourth-order valence-electron chi connectivity index (χ4n) is 2.94. The summed E-state index contributed by atoms with van der Waals surface area (Å²) in [4.78, 5) is 9.12. The van der Waals surface area contributed by atoms with E-state index >= 15 is 0 Å². The molecule has 0 bridgehead atoms. The van der Waals surface area contributed by atoms with Crippen LogP contribution in [-0.4, -0.2) is 24.0 Å². The zero-order valence-electron chi connectivity index (χ0n) is 15.0. The van der Waals surface area contributed by atoms with Gasteiger partial charge in [0.2, 0.25) is 0 Å². The molecule has 2 N–H and O–H groups in total. The van der Waals surface area contributed by atoms with E-state index in [1.165, 1.54) is 24.0 Å².